The number of nitrogens with zero attached hydrogens (tertiary/aromatic N) is 2. The van der Waals surface area contributed by atoms with Gasteiger partial charge in [-0.05, 0) is 17.7 Å². The van der Waals surface area contributed by atoms with Crippen molar-refractivity contribution >= 4 is 11.9 Å². The Labute approximate surface area is 71.9 Å². The number of benzene rings is 1. The molecule has 0 bridgehead atoms. The molecular weight excluding hydrogens is 152 g/mol. The van der Waals surface area contributed by atoms with Gasteiger partial charge < -0.3 is 10.1 Å². The molecule has 0 atom stereocenters. The molecule has 1 aromatic rings. The van der Waals surface area contributed by atoms with Crippen LogP contribution in [-0.4, -0.2) is 25.5 Å². The first-order chi connectivity index (χ1) is 5.74. The van der Waals surface area contributed by atoms with E-state index in [0.29, 0.717) is 0 Å². The maximum atomic E-state index is 8.26. The summed E-state index contributed by atoms with van der Waals surface area (Å²) in [5.74, 6) is 0. The minimum atomic E-state index is 0.892. The van der Waals surface area contributed by atoms with E-state index in [-0.39, 0.29) is 0 Å². The Morgan fingerprint density at radius 2 is 1.83 bits per heavy atom. The Morgan fingerprint density at radius 1 is 1.25 bits per heavy atom. The summed E-state index contributed by atoms with van der Waals surface area (Å²) in [7, 11) is 3.96. The van der Waals surface area contributed by atoms with Crippen molar-refractivity contribution in [3.63, 3.8) is 0 Å². The van der Waals surface area contributed by atoms with Crippen LogP contribution in [-0.2, 0) is 0 Å². The summed E-state index contributed by atoms with van der Waals surface area (Å²) < 4.78 is 0. The predicted molar refractivity (Wildman–Crippen MR) is 50.1 cm³/mol. The minimum absolute atomic E-state index is 0.892. The molecular formula is C9H12N2O. The summed E-state index contributed by atoms with van der Waals surface area (Å²) >= 11 is 0. The SMILES string of the molecule is CN(C)c1ccc(/C=N\O)cc1. The van der Waals surface area contributed by atoms with Crippen molar-refractivity contribution in [2.24, 2.45) is 5.16 Å². The first kappa shape index (κ1) is 8.59. The van der Waals surface area contributed by atoms with Gasteiger partial charge >= 0.3 is 0 Å². The average molecular weight is 164 g/mol. The van der Waals surface area contributed by atoms with Gasteiger partial charge in [0, 0.05) is 19.8 Å². The van der Waals surface area contributed by atoms with E-state index in [1.807, 2.05) is 43.3 Å². The van der Waals surface area contributed by atoms with Gasteiger partial charge in [0.2, 0.25) is 0 Å². The maximum Gasteiger partial charge on any atom is 0.0733 e. The van der Waals surface area contributed by atoms with Crippen LogP contribution in [0.3, 0.4) is 0 Å². The Balaban J connectivity index is 2.85. The van der Waals surface area contributed by atoms with Gasteiger partial charge in [0.25, 0.3) is 0 Å². The fraction of sp³-hybridized carbons (Fsp3) is 0.222. The van der Waals surface area contributed by atoms with E-state index in [2.05, 4.69) is 5.16 Å². The molecule has 1 N–H and O–H groups in total. The molecule has 0 unspecified atom stereocenters. The summed E-state index contributed by atoms with van der Waals surface area (Å²) in [6.07, 6.45) is 1.40. The summed E-state index contributed by atoms with van der Waals surface area (Å²) in [6, 6.07) is 7.73. The molecule has 3 nitrogen and oxygen atoms in total. The first-order valence-electron chi connectivity index (χ1n) is 3.69. The van der Waals surface area contributed by atoms with Crippen molar-refractivity contribution in [1.82, 2.24) is 0 Å². The van der Waals surface area contributed by atoms with Crippen molar-refractivity contribution in [2.75, 3.05) is 19.0 Å². The van der Waals surface area contributed by atoms with Crippen molar-refractivity contribution in [3.8, 4) is 0 Å². The van der Waals surface area contributed by atoms with Crippen LogP contribution in [0.1, 0.15) is 5.56 Å². The summed E-state index contributed by atoms with van der Waals surface area (Å²) in [6.45, 7) is 0. The third-order valence-corrected chi connectivity index (χ3v) is 1.62. The number of anilines is 1. The summed E-state index contributed by atoms with van der Waals surface area (Å²) in [5, 5.41) is 11.2. The number of hydrogen-bond acceptors (Lipinski definition) is 3. The van der Waals surface area contributed by atoms with Crippen LogP contribution in [0.4, 0.5) is 5.69 Å². The molecule has 0 aliphatic heterocycles. The highest BCUT2D eigenvalue weighted by Crippen LogP contribution is 2.10. The molecule has 0 amide bonds. The van der Waals surface area contributed by atoms with Crippen molar-refractivity contribution < 1.29 is 5.21 Å². The van der Waals surface area contributed by atoms with Gasteiger partial charge in [-0.2, -0.15) is 0 Å². The lowest BCUT2D eigenvalue weighted by Crippen LogP contribution is -2.08. The quantitative estimate of drug-likeness (QED) is 0.409. The van der Waals surface area contributed by atoms with Gasteiger partial charge in [0.05, 0.1) is 6.21 Å². The van der Waals surface area contributed by atoms with Gasteiger partial charge in [0.1, 0.15) is 0 Å². The van der Waals surface area contributed by atoms with E-state index in [9.17, 15) is 0 Å². The lowest BCUT2D eigenvalue weighted by Gasteiger charge is -2.11. The standard InChI is InChI=1S/C9H12N2O/c1-11(2)9-5-3-8(4-6-9)7-10-12/h3-7,12H,1-2H3/b10-7-. The maximum absolute atomic E-state index is 8.26. The van der Waals surface area contributed by atoms with Crippen LogP contribution < -0.4 is 4.90 Å². The third kappa shape index (κ3) is 1.99. The highest BCUT2D eigenvalue weighted by Gasteiger charge is 1.93. The van der Waals surface area contributed by atoms with Gasteiger partial charge in [-0.25, -0.2) is 0 Å². The number of oxime groups is 1. The molecule has 64 valence electrons. The zero-order valence-electron chi connectivity index (χ0n) is 7.23. The van der Waals surface area contributed by atoms with Gasteiger partial charge in [0.15, 0.2) is 0 Å². The van der Waals surface area contributed by atoms with E-state index >= 15 is 0 Å². The van der Waals surface area contributed by atoms with E-state index in [1.54, 1.807) is 0 Å². The second-order valence-electron chi connectivity index (χ2n) is 2.73. The molecule has 0 aliphatic rings. The molecule has 0 aromatic heterocycles. The fourth-order valence-electron chi connectivity index (χ4n) is 0.925. The summed E-state index contributed by atoms with van der Waals surface area (Å²) in [5.41, 5.74) is 2.02. The third-order valence-electron chi connectivity index (χ3n) is 1.62. The van der Waals surface area contributed by atoms with Crippen molar-refractivity contribution in [1.29, 1.82) is 0 Å². The number of rotatable bonds is 2. The molecule has 1 aromatic carbocycles. The van der Waals surface area contributed by atoms with Gasteiger partial charge in [-0.3, -0.25) is 0 Å². The highest BCUT2D eigenvalue weighted by molar-refractivity contribution is 5.79. The second kappa shape index (κ2) is 3.76. The van der Waals surface area contributed by atoms with E-state index in [1.165, 1.54) is 6.21 Å². The normalized spacial score (nSPS) is 10.5. The highest BCUT2D eigenvalue weighted by atomic mass is 16.4. The van der Waals surface area contributed by atoms with Crippen molar-refractivity contribution in [3.05, 3.63) is 29.8 Å². The molecule has 3 heteroatoms. The molecule has 0 spiro atoms. The number of hydrogen-bond donors (Lipinski definition) is 1. The molecule has 0 saturated heterocycles. The van der Waals surface area contributed by atoms with E-state index in [4.69, 9.17) is 5.21 Å². The molecule has 0 fully saturated rings. The Bertz CT molecular complexity index is 264. The van der Waals surface area contributed by atoms with E-state index in [0.717, 1.165) is 11.3 Å². The van der Waals surface area contributed by atoms with Crippen LogP contribution >= 0.6 is 0 Å². The van der Waals surface area contributed by atoms with Crippen LogP contribution in [0.2, 0.25) is 0 Å². The molecule has 0 heterocycles. The average Bonchev–Trinajstić information content (AvgIpc) is 2.06. The Kier molecular flexibility index (Phi) is 2.69. The zero-order valence-corrected chi connectivity index (χ0v) is 7.23. The van der Waals surface area contributed by atoms with E-state index < -0.39 is 0 Å². The Morgan fingerprint density at radius 3 is 2.25 bits per heavy atom. The fourth-order valence-corrected chi connectivity index (χ4v) is 0.925. The van der Waals surface area contributed by atoms with Crippen LogP contribution in [0.25, 0.3) is 0 Å². The smallest absolute Gasteiger partial charge is 0.0733 e. The monoisotopic (exact) mass is 164 g/mol. The minimum Gasteiger partial charge on any atom is -0.411 e. The van der Waals surface area contributed by atoms with Crippen LogP contribution in [0, 0.1) is 0 Å². The largest absolute Gasteiger partial charge is 0.411 e. The van der Waals surface area contributed by atoms with Gasteiger partial charge in [-0.15, -0.1) is 0 Å². The van der Waals surface area contributed by atoms with Crippen molar-refractivity contribution in [2.45, 2.75) is 0 Å². The molecule has 12 heavy (non-hydrogen) atoms. The Hall–Kier alpha value is -1.51. The first-order valence-corrected chi connectivity index (χ1v) is 3.69. The molecule has 0 saturated carbocycles. The lowest BCUT2D eigenvalue weighted by atomic mass is 10.2. The van der Waals surface area contributed by atoms with Crippen LogP contribution in [0.15, 0.2) is 29.4 Å². The second-order valence-corrected chi connectivity index (χ2v) is 2.73. The topological polar surface area (TPSA) is 35.8 Å². The predicted octanol–water partition coefficient (Wildman–Crippen LogP) is 1.56. The molecule has 0 aliphatic carbocycles. The lowest BCUT2D eigenvalue weighted by molar-refractivity contribution is 0.322. The summed E-state index contributed by atoms with van der Waals surface area (Å²) in [4.78, 5) is 2.01. The molecule has 0 radical (unpaired) electrons. The molecule has 1 rings (SSSR count). The zero-order chi connectivity index (χ0) is 8.97. The van der Waals surface area contributed by atoms with Gasteiger partial charge in [-0.1, -0.05) is 17.3 Å². The van der Waals surface area contributed by atoms with Crippen LogP contribution in [0.5, 0.6) is 0 Å².